The zero-order valence-electron chi connectivity index (χ0n) is 12.5. The molecule has 0 bridgehead atoms. The first-order valence-corrected chi connectivity index (χ1v) is 6.26. The van der Waals surface area contributed by atoms with Gasteiger partial charge in [-0.15, -0.1) is 0 Å². The Kier molecular flexibility index (Phi) is 3.42. The fourth-order valence-electron chi connectivity index (χ4n) is 2.82. The summed E-state index contributed by atoms with van der Waals surface area (Å²) in [6, 6.07) is 0. The summed E-state index contributed by atoms with van der Waals surface area (Å²) in [6.45, 7) is 10.8. The van der Waals surface area contributed by atoms with Crippen molar-refractivity contribution in [2.24, 2.45) is 29.6 Å². The Bertz CT molecular complexity index is 221. The van der Waals surface area contributed by atoms with Crippen LogP contribution >= 0.6 is 0 Å². The largest absolute Gasteiger partial charge is 0.0628 e. The van der Waals surface area contributed by atoms with E-state index in [0.717, 1.165) is 6.42 Å². The lowest BCUT2D eigenvalue weighted by Gasteiger charge is -2.38. The van der Waals surface area contributed by atoms with Crippen LogP contribution in [0.15, 0.2) is 0 Å². The molecule has 84 valence electrons. The van der Waals surface area contributed by atoms with Crippen molar-refractivity contribution in [3.8, 4) is 0 Å². The topological polar surface area (TPSA) is 0 Å². The number of hydrogen-bond acceptors (Lipinski definition) is 0. The van der Waals surface area contributed by atoms with Crippen molar-refractivity contribution in [1.82, 2.24) is 0 Å². The van der Waals surface area contributed by atoms with Crippen molar-refractivity contribution < 1.29 is 2.74 Å². The Balaban J connectivity index is 2.86. The molecule has 0 aromatic carbocycles. The summed E-state index contributed by atoms with van der Waals surface area (Å²) in [4.78, 5) is 0. The van der Waals surface area contributed by atoms with E-state index in [0.29, 0.717) is 17.8 Å². The third kappa shape index (κ3) is 3.29. The minimum Gasteiger partial charge on any atom is -0.0628 e. The van der Waals surface area contributed by atoms with Gasteiger partial charge in [0.25, 0.3) is 0 Å². The van der Waals surface area contributed by atoms with Crippen molar-refractivity contribution in [2.45, 2.75) is 60.3 Å². The Morgan fingerprint density at radius 3 is 2.36 bits per heavy atom. The molecule has 0 nitrogen and oxygen atoms in total. The van der Waals surface area contributed by atoms with Crippen LogP contribution < -0.4 is 0 Å². The molecule has 0 heterocycles. The van der Waals surface area contributed by atoms with Crippen LogP contribution in [0.2, 0.25) is 0 Å². The molecule has 0 spiro atoms. The fraction of sp³-hybridized carbons (Fsp3) is 1.00. The monoisotopic (exact) mass is 198 g/mol. The Hall–Kier alpha value is 0. The van der Waals surface area contributed by atoms with Gasteiger partial charge in [-0.1, -0.05) is 41.0 Å². The van der Waals surface area contributed by atoms with Gasteiger partial charge in [-0.05, 0) is 48.8 Å². The second kappa shape index (κ2) is 5.19. The molecule has 0 saturated heterocycles. The highest BCUT2D eigenvalue weighted by atomic mass is 14.4. The van der Waals surface area contributed by atoms with Gasteiger partial charge >= 0.3 is 0 Å². The number of rotatable bonds is 3. The highest BCUT2D eigenvalue weighted by Crippen LogP contribution is 2.40. The molecule has 1 aliphatic carbocycles. The van der Waals surface area contributed by atoms with E-state index in [1.54, 1.807) is 0 Å². The van der Waals surface area contributed by atoms with Gasteiger partial charge in [-0.3, -0.25) is 0 Å². The van der Waals surface area contributed by atoms with Crippen molar-refractivity contribution in [1.29, 1.82) is 0 Å². The summed E-state index contributed by atoms with van der Waals surface area (Å²) < 4.78 is 16.7. The van der Waals surface area contributed by atoms with E-state index in [2.05, 4.69) is 20.8 Å². The third-order valence-corrected chi connectivity index (χ3v) is 3.57. The molecule has 0 radical (unpaired) electrons. The summed E-state index contributed by atoms with van der Waals surface area (Å²) >= 11 is 0. The minimum absolute atomic E-state index is 0.129. The van der Waals surface area contributed by atoms with Crippen molar-refractivity contribution in [2.75, 3.05) is 0 Å². The van der Waals surface area contributed by atoms with E-state index in [4.69, 9.17) is 2.74 Å². The summed E-state index contributed by atoms with van der Waals surface area (Å²) in [6.07, 6.45) is 2.58. The standard InChI is InChI=1S/C14H28/c1-10(2)8-13-9-12(5)6-7-14(13)11(3)4/h10-14H,6-9H2,1-5H3/t12-,13-,14+/m0/s1/i8D2. The van der Waals surface area contributed by atoms with Crippen LogP contribution in [-0.2, 0) is 0 Å². The Labute approximate surface area is 93.3 Å². The molecule has 1 rings (SSSR count). The van der Waals surface area contributed by atoms with E-state index < -0.39 is 6.37 Å². The molecule has 0 aliphatic heterocycles. The minimum atomic E-state index is -0.996. The summed E-state index contributed by atoms with van der Waals surface area (Å²) in [5, 5.41) is 0. The maximum Gasteiger partial charge on any atom is 0.0272 e. The molecule has 14 heavy (non-hydrogen) atoms. The highest BCUT2D eigenvalue weighted by Gasteiger charge is 2.30. The van der Waals surface area contributed by atoms with E-state index in [1.807, 2.05) is 13.8 Å². The van der Waals surface area contributed by atoms with Crippen molar-refractivity contribution in [3.05, 3.63) is 0 Å². The van der Waals surface area contributed by atoms with Gasteiger partial charge in [0, 0.05) is 2.74 Å². The molecule has 1 saturated carbocycles. The van der Waals surface area contributed by atoms with E-state index in [1.165, 1.54) is 12.8 Å². The Morgan fingerprint density at radius 1 is 1.21 bits per heavy atom. The van der Waals surface area contributed by atoms with Gasteiger partial charge in [0.15, 0.2) is 0 Å². The first-order valence-electron chi connectivity index (χ1n) is 7.26. The van der Waals surface area contributed by atoms with Gasteiger partial charge in [0.05, 0.1) is 0 Å². The molecule has 0 N–H and O–H groups in total. The van der Waals surface area contributed by atoms with Gasteiger partial charge in [0.2, 0.25) is 0 Å². The fourth-order valence-corrected chi connectivity index (χ4v) is 2.82. The normalized spacial score (nSPS) is 37.2. The van der Waals surface area contributed by atoms with E-state index >= 15 is 0 Å². The molecule has 0 aromatic heterocycles. The smallest absolute Gasteiger partial charge is 0.0272 e. The SMILES string of the molecule is [2H]C([2H])(C(C)C)[C@H]1C[C@@H](C)CC[C@@H]1C(C)C. The number of hydrogen-bond donors (Lipinski definition) is 0. The van der Waals surface area contributed by atoms with Crippen LogP contribution in [0, 0.1) is 29.6 Å². The average Bonchev–Trinajstić information content (AvgIpc) is 2.16. The molecular formula is C14H28. The van der Waals surface area contributed by atoms with Gasteiger partial charge < -0.3 is 0 Å². The van der Waals surface area contributed by atoms with Crippen molar-refractivity contribution >= 4 is 0 Å². The lowest BCUT2D eigenvalue weighted by molar-refractivity contribution is 0.125. The van der Waals surface area contributed by atoms with Crippen LogP contribution in [0.25, 0.3) is 0 Å². The van der Waals surface area contributed by atoms with Gasteiger partial charge in [-0.2, -0.15) is 0 Å². The molecule has 3 atom stereocenters. The molecular weight excluding hydrogens is 168 g/mol. The lowest BCUT2D eigenvalue weighted by Crippen LogP contribution is -2.28. The highest BCUT2D eigenvalue weighted by molar-refractivity contribution is 4.81. The maximum absolute atomic E-state index is 8.36. The summed E-state index contributed by atoms with van der Waals surface area (Å²) in [5.41, 5.74) is 0. The Morgan fingerprint density at radius 2 is 1.86 bits per heavy atom. The van der Waals surface area contributed by atoms with Crippen LogP contribution in [0.3, 0.4) is 0 Å². The molecule has 1 aliphatic rings. The molecule has 0 amide bonds. The van der Waals surface area contributed by atoms with E-state index in [9.17, 15) is 0 Å². The zero-order valence-corrected chi connectivity index (χ0v) is 10.5. The molecule has 1 fully saturated rings. The molecule has 0 heteroatoms. The van der Waals surface area contributed by atoms with Crippen molar-refractivity contribution in [3.63, 3.8) is 0 Å². The quantitative estimate of drug-likeness (QED) is 0.614. The summed E-state index contributed by atoms with van der Waals surface area (Å²) in [7, 11) is 0. The van der Waals surface area contributed by atoms with Gasteiger partial charge in [-0.25, -0.2) is 0 Å². The lowest BCUT2D eigenvalue weighted by atomic mass is 9.68. The summed E-state index contributed by atoms with van der Waals surface area (Å²) in [5.74, 6) is 2.29. The zero-order chi connectivity index (χ0) is 12.5. The average molecular weight is 198 g/mol. The third-order valence-electron chi connectivity index (χ3n) is 3.57. The van der Waals surface area contributed by atoms with Crippen LogP contribution in [0.5, 0.6) is 0 Å². The first kappa shape index (κ1) is 9.24. The van der Waals surface area contributed by atoms with Gasteiger partial charge in [0.1, 0.15) is 0 Å². The van der Waals surface area contributed by atoms with E-state index in [-0.39, 0.29) is 11.8 Å². The molecule has 0 unspecified atom stereocenters. The van der Waals surface area contributed by atoms with Crippen LogP contribution in [0.4, 0.5) is 0 Å². The second-order valence-corrected chi connectivity index (χ2v) is 5.75. The maximum atomic E-state index is 8.36. The molecule has 0 aromatic rings. The first-order chi connectivity index (χ1) is 7.26. The second-order valence-electron chi connectivity index (χ2n) is 5.75. The predicted octanol–water partition coefficient (Wildman–Crippen LogP) is 4.74. The van der Waals surface area contributed by atoms with Crippen LogP contribution in [-0.4, -0.2) is 0 Å². The predicted molar refractivity (Wildman–Crippen MR) is 64.3 cm³/mol. The van der Waals surface area contributed by atoms with Crippen LogP contribution in [0.1, 0.15) is 63.0 Å².